The maximum Gasteiger partial charge on any atom is 0.158 e. The van der Waals surface area contributed by atoms with Crippen LogP contribution in [0.15, 0.2) is 41.5 Å². The number of aromatic hydroxyl groups is 4. The van der Waals surface area contributed by atoms with Crippen molar-refractivity contribution in [3.05, 3.63) is 47.5 Å². The lowest BCUT2D eigenvalue weighted by atomic mass is 9.98. The SMILES string of the molecule is Oc1ccc(C2=NNC(c3ccc(O)c(O)c3)C2)cc1O. The van der Waals surface area contributed by atoms with Crippen molar-refractivity contribution in [2.45, 2.75) is 12.5 Å². The summed E-state index contributed by atoms with van der Waals surface area (Å²) < 4.78 is 0. The van der Waals surface area contributed by atoms with Crippen LogP contribution in [-0.4, -0.2) is 26.1 Å². The van der Waals surface area contributed by atoms with Gasteiger partial charge >= 0.3 is 0 Å². The summed E-state index contributed by atoms with van der Waals surface area (Å²) in [6, 6.07) is 9.03. The summed E-state index contributed by atoms with van der Waals surface area (Å²) in [5, 5.41) is 41.9. The van der Waals surface area contributed by atoms with Gasteiger partial charge in [-0.25, -0.2) is 0 Å². The molecule has 5 N–H and O–H groups in total. The number of hydrogen-bond acceptors (Lipinski definition) is 6. The average molecular weight is 286 g/mol. The van der Waals surface area contributed by atoms with Gasteiger partial charge in [-0.15, -0.1) is 0 Å². The maximum absolute atomic E-state index is 9.53. The van der Waals surface area contributed by atoms with E-state index >= 15 is 0 Å². The van der Waals surface area contributed by atoms with Gasteiger partial charge in [-0.1, -0.05) is 6.07 Å². The Balaban J connectivity index is 1.80. The Hall–Kier alpha value is -2.89. The number of nitrogens with one attached hydrogen (secondary N) is 1. The lowest BCUT2D eigenvalue weighted by Gasteiger charge is -2.11. The van der Waals surface area contributed by atoms with E-state index in [0.29, 0.717) is 12.0 Å². The third kappa shape index (κ3) is 2.43. The molecular weight excluding hydrogens is 272 g/mol. The molecule has 108 valence electrons. The first-order valence-corrected chi connectivity index (χ1v) is 6.41. The van der Waals surface area contributed by atoms with E-state index in [9.17, 15) is 20.4 Å². The molecule has 0 bridgehead atoms. The van der Waals surface area contributed by atoms with Crippen LogP contribution < -0.4 is 5.43 Å². The Labute approximate surface area is 120 Å². The highest BCUT2D eigenvalue weighted by atomic mass is 16.3. The number of hydrogen-bond donors (Lipinski definition) is 5. The zero-order valence-corrected chi connectivity index (χ0v) is 11.0. The van der Waals surface area contributed by atoms with Crippen molar-refractivity contribution in [2.24, 2.45) is 5.10 Å². The van der Waals surface area contributed by atoms with Gasteiger partial charge in [0, 0.05) is 12.0 Å². The second kappa shape index (κ2) is 4.90. The number of rotatable bonds is 2. The fourth-order valence-corrected chi connectivity index (χ4v) is 2.28. The van der Waals surface area contributed by atoms with Crippen molar-refractivity contribution >= 4 is 5.71 Å². The first-order chi connectivity index (χ1) is 10.0. The Morgan fingerprint density at radius 2 is 1.52 bits per heavy atom. The van der Waals surface area contributed by atoms with Crippen molar-refractivity contribution in [1.82, 2.24) is 5.43 Å². The molecular formula is C15H14N2O4. The van der Waals surface area contributed by atoms with Crippen molar-refractivity contribution in [3.8, 4) is 23.0 Å². The van der Waals surface area contributed by atoms with Crippen LogP contribution in [0.5, 0.6) is 23.0 Å². The van der Waals surface area contributed by atoms with Gasteiger partial charge < -0.3 is 25.9 Å². The van der Waals surface area contributed by atoms with Gasteiger partial charge in [-0.2, -0.15) is 5.10 Å². The highest BCUT2D eigenvalue weighted by Gasteiger charge is 2.22. The fourth-order valence-electron chi connectivity index (χ4n) is 2.28. The normalized spacial score (nSPS) is 17.3. The predicted octanol–water partition coefficient (Wildman–Crippen LogP) is 1.95. The quantitative estimate of drug-likeness (QED) is 0.543. The van der Waals surface area contributed by atoms with Gasteiger partial charge in [-0.05, 0) is 35.9 Å². The van der Waals surface area contributed by atoms with Crippen LogP contribution in [0.25, 0.3) is 0 Å². The third-order valence-corrected chi connectivity index (χ3v) is 3.46. The molecule has 1 atom stereocenters. The van der Waals surface area contributed by atoms with Crippen LogP contribution in [0.2, 0.25) is 0 Å². The van der Waals surface area contributed by atoms with Gasteiger partial charge in [0.15, 0.2) is 23.0 Å². The van der Waals surface area contributed by atoms with Gasteiger partial charge in [0.05, 0.1) is 11.8 Å². The summed E-state index contributed by atoms with van der Waals surface area (Å²) in [5.74, 6) is -0.711. The minimum atomic E-state index is -0.194. The predicted molar refractivity (Wildman–Crippen MR) is 76.6 cm³/mol. The molecule has 1 aliphatic heterocycles. The van der Waals surface area contributed by atoms with Crippen molar-refractivity contribution in [1.29, 1.82) is 0 Å². The van der Waals surface area contributed by atoms with Crippen LogP contribution >= 0.6 is 0 Å². The van der Waals surface area contributed by atoms with Crippen LogP contribution in [0.3, 0.4) is 0 Å². The molecule has 2 aromatic carbocycles. The first kappa shape index (κ1) is 13.1. The lowest BCUT2D eigenvalue weighted by Crippen LogP contribution is -2.09. The molecule has 6 heteroatoms. The number of hydrazone groups is 1. The van der Waals surface area contributed by atoms with Gasteiger partial charge in [0.2, 0.25) is 0 Å². The molecule has 1 unspecified atom stereocenters. The Bertz CT molecular complexity index is 728. The van der Waals surface area contributed by atoms with Crippen LogP contribution in [-0.2, 0) is 0 Å². The minimum Gasteiger partial charge on any atom is -0.504 e. The topological polar surface area (TPSA) is 105 Å². The molecule has 0 fully saturated rings. The molecule has 0 spiro atoms. The zero-order valence-electron chi connectivity index (χ0n) is 11.0. The third-order valence-electron chi connectivity index (χ3n) is 3.46. The second-order valence-corrected chi connectivity index (χ2v) is 4.90. The van der Waals surface area contributed by atoms with Gasteiger partial charge in [0.1, 0.15) is 0 Å². The van der Waals surface area contributed by atoms with E-state index in [1.807, 2.05) is 0 Å². The average Bonchev–Trinajstić information content (AvgIpc) is 2.94. The van der Waals surface area contributed by atoms with Crippen molar-refractivity contribution in [2.75, 3.05) is 0 Å². The first-order valence-electron chi connectivity index (χ1n) is 6.41. The lowest BCUT2D eigenvalue weighted by molar-refractivity contribution is 0.402. The fraction of sp³-hybridized carbons (Fsp3) is 0.133. The molecule has 0 aromatic heterocycles. The summed E-state index contributed by atoms with van der Waals surface area (Å²) >= 11 is 0. The van der Waals surface area contributed by atoms with Crippen LogP contribution in [0, 0.1) is 0 Å². The number of phenolic OH excluding ortho intramolecular Hbond substituents is 4. The Morgan fingerprint density at radius 3 is 2.19 bits per heavy atom. The minimum absolute atomic E-state index is 0.123. The summed E-state index contributed by atoms with van der Waals surface area (Å²) in [6.07, 6.45) is 0.564. The molecule has 0 aliphatic carbocycles. The van der Waals surface area contributed by atoms with E-state index < -0.39 is 0 Å². The summed E-state index contributed by atoms with van der Waals surface area (Å²) in [7, 11) is 0. The van der Waals surface area contributed by atoms with E-state index in [2.05, 4.69) is 10.5 Å². The molecule has 1 heterocycles. The smallest absolute Gasteiger partial charge is 0.158 e. The Morgan fingerprint density at radius 1 is 0.857 bits per heavy atom. The van der Waals surface area contributed by atoms with Crippen molar-refractivity contribution in [3.63, 3.8) is 0 Å². The summed E-state index contributed by atoms with van der Waals surface area (Å²) in [5.41, 5.74) is 5.20. The molecule has 6 nitrogen and oxygen atoms in total. The molecule has 0 amide bonds. The van der Waals surface area contributed by atoms with E-state index in [-0.39, 0.29) is 29.0 Å². The van der Waals surface area contributed by atoms with Crippen LogP contribution in [0.1, 0.15) is 23.6 Å². The second-order valence-electron chi connectivity index (χ2n) is 4.90. The summed E-state index contributed by atoms with van der Waals surface area (Å²) in [6.45, 7) is 0. The van der Waals surface area contributed by atoms with Crippen LogP contribution in [0.4, 0.5) is 0 Å². The zero-order chi connectivity index (χ0) is 15.0. The van der Waals surface area contributed by atoms with E-state index in [0.717, 1.165) is 11.3 Å². The van der Waals surface area contributed by atoms with Crippen molar-refractivity contribution < 1.29 is 20.4 Å². The highest BCUT2D eigenvalue weighted by molar-refractivity contribution is 6.02. The molecule has 0 saturated heterocycles. The van der Waals surface area contributed by atoms with E-state index in [4.69, 9.17) is 0 Å². The molecule has 2 aromatic rings. The van der Waals surface area contributed by atoms with Gasteiger partial charge in [0.25, 0.3) is 0 Å². The molecule has 21 heavy (non-hydrogen) atoms. The highest BCUT2D eigenvalue weighted by Crippen LogP contribution is 2.32. The summed E-state index contributed by atoms with van der Waals surface area (Å²) in [4.78, 5) is 0. The molecule has 1 aliphatic rings. The van der Waals surface area contributed by atoms with Gasteiger partial charge in [-0.3, -0.25) is 0 Å². The maximum atomic E-state index is 9.53. The number of phenols is 4. The molecule has 0 radical (unpaired) electrons. The standard InChI is InChI=1S/C15H14N2O4/c18-12-3-1-8(5-14(12)20)10-7-11(17-16-10)9-2-4-13(19)15(21)6-9/h1-6,10,16,18-21H,7H2. The number of nitrogens with zero attached hydrogens (tertiary/aromatic N) is 1. The Kier molecular flexibility index (Phi) is 3.06. The van der Waals surface area contributed by atoms with E-state index in [1.165, 1.54) is 24.3 Å². The molecule has 3 rings (SSSR count). The van der Waals surface area contributed by atoms with E-state index in [1.54, 1.807) is 12.1 Å². The largest absolute Gasteiger partial charge is 0.504 e. The monoisotopic (exact) mass is 286 g/mol. The number of benzene rings is 2. The molecule has 0 saturated carbocycles.